The van der Waals surface area contributed by atoms with Gasteiger partial charge in [-0.05, 0) is 48.7 Å². The first-order chi connectivity index (χ1) is 15.4. The van der Waals surface area contributed by atoms with Gasteiger partial charge in [0.05, 0.1) is 12.1 Å². The Balaban J connectivity index is 1.78. The topological polar surface area (TPSA) is 71.3 Å². The van der Waals surface area contributed by atoms with Crippen LogP contribution in [0.5, 0.6) is 11.5 Å². The van der Waals surface area contributed by atoms with Crippen LogP contribution < -0.4 is 14.8 Å². The van der Waals surface area contributed by atoms with Crippen molar-refractivity contribution in [2.45, 2.75) is 44.8 Å². The number of ether oxygens (including phenoxy) is 2. The van der Waals surface area contributed by atoms with E-state index in [0.29, 0.717) is 27.1 Å². The Hall–Kier alpha value is -2.39. The minimum atomic E-state index is -0.382. The highest BCUT2D eigenvalue weighted by atomic mass is 35.5. The van der Waals surface area contributed by atoms with Crippen LogP contribution in [0.2, 0.25) is 15.1 Å². The lowest BCUT2D eigenvalue weighted by atomic mass is 9.95. The van der Waals surface area contributed by atoms with Gasteiger partial charge >= 0.3 is 0 Å². The highest BCUT2D eigenvalue weighted by Gasteiger charge is 2.19. The summed E-state index contributed by atoms with van der Waals surface area (Å²) in [6.07, 6.45) is 6.73. The van der Waals surface area contributed by atoms with E-state index >= 15 is 0 Å². The molecule has 0 heterocycles. The molecular weight excluding hydrogens is 471 g/mol. The predicted molar refractivity (Wildman–Crippen MR) is 127 cm³/mol. The van der Waals surface area contributed by atoms with Gasteiger partial charge in [0.2, 0.25) is 0 Å². The summed E-state index contributed by atoms with van der Waals surface area (Å²) in [6, 6.07) is 10.5. The fourth-order valence-corrected chi connectivity index (χ4v) is 4.31. The lowest BCUT2D eigenvalue weighted by Gasteiger charge is -2.22. The SMILES string of the molecule is COc1cc(/C=C(\C#N)C(=O)NC2CCCCC2)cc(Cl)c1OCc1ccc(Cl)cc1Cl. The molecule has 0 bridgehead atoms. The van der Waals surface area contributed by atoms with Gasteiger partial charge < -0.3 is 14.8 Å². The zero-order chi connectivity index (χ0) is 23.1. The maximum absolute atomic E-state index is 12.6. The van der Waals surface area contributed by atoms with E-state index in [0.717, 1.165) is 31.2 Å². The molecule has 168 valence electrons. The van der Waals surface area contributed by atoms with Crippen molar-refractivity contribution >= 4 is 46.8 Å². The average molecular weight is 494 g/mol. The number of halogens is 3. The van der Waals surface area contributed by atoms with Crippen molar-refractivity contribution in [3.05, 3.63) is 62.1 Å². The summed E-state index contributed by atoms with van der Waals surface area (Å²) in [5.41, 5.74) is 1.30. The smallest absolute Gasteiger partial charge is 0.262 e. The van der Waals surface area contributed by atoms with Crippen molar-refractivity contribution in [2.24, 2.45) is 0 Å². The molecule has 0 spiro atoms. The normalized spacial score (nSPS) is 14.5. The molecule has 8 heteroatoms. The van der Waals surface area contributed by atoms with Crippen LogP contribution in [-0.2, 0) is 11.4 Å². The third kappa shape index (κ3) is 6.32. The van der Waals surface area contributed by atoms with Crippen molar-refractivity contribution in [3.63, 3.8) is 0 Å². The lowest BCUT2D eigenvalue weighted by Crippen LogP contribution is -2.36. The number of hydrogen-bond donors (Lipinski definition) is 1. The van der Waals surface area contributed by atoms with E-state index in [1.54, 1.807) is 30.3 Å². The fourth-order valence-electron chi connectivity index (χ4n) is 3.58. The van der Waals surface area contributed by atoms with Crippen LogP contribution in [0.25, 0.3) is 6.08 Å². The molecule has 2 aromatic rings. The number of nitriles is 1. The minimum Gasteiger partial charge on any atom is -0.493 e. The molecule has 32 heavy (non-hydrogen) atoms. The highest BCUT2D eigenvalue weighted by molar-refractivity contribution is 6.35. The molecule has 2 aromatic carbocycles. The van der Waals surface area contributed by atoms with Crippen LogP contribution in [0.1, 0.15) is 43.2 Å². The molecule has 1 aliphatic rings. The Bertz CT molecular complexity index is 1060. The Labute approximate surface area is 202 Å². The summed E-state index contributed by atoms with van der Waals surface area (Å²) >= 11 is 18.6. The number of nitrogens with zero attached hydrogens (tertiary/aromatic N) is 1. The van der Waals surface area contributed by atoms with Gasteiger partial charge in [0.25, 0.3) is 5.91 Å². The first kappa shape index (κ1) is 24.3. The number of carbonyl (C=O) groups is 1. The Morgan fingerprint density at radius 1 is 1.16 bits per heavy atom. The van der Waals surface area contributed by atoms with Gasteiger partial charge in [-0.2, -0.15) is 5.26 Å². The first-order valence-electron chi connectivity index (χ1n) is 10.3. The number of benzene rings is 2. The Morgan fingerprint density at radius 3 is 2.56 bits per heavy atom. The van der Waals surface area contributed by atoms with E-state index in [4.69, 9.17) is 44.3 Å². The van der Waals surface area contributed by atoms with Gasteiger partial charge in [-0.25, -0.2) is 0 Å². The zero-order valence-corrected chi connectivity index (χ0v) is 19.9. The molecule has 1 amide bonds. The quantitative estimate of drug-likeness (QED) is 0.349. The second kappa shape index (κ2) is 11.5. The first-order valence-corrected chi connectivity index (χ1v) is 11.4. The summed E-state index contributed by atoms with van der Waals surface area (Å²) in [6.45, 7) is 0.161. The molecule has 0 atom stereocenters. The average Bonchev–Trinajstić information content (AvgIpc) is 2.78. The van der Waals surface area contributed by atoms with E-state index in [1.807, 2.05) is 6.07 Å². The highest BCUT2D eigenvalue weighted by Crippen LogP contribution is 2.38. The molecule has 1 fully saturated rings. The molecule has 1 aliphatic carbocycles. The third-order valence-corrected chi connectivity index (χ3v) is 6.12. The van der Waals surface area contributed by atoms with E-state index in [1.165, 1.54) is 19.6 Å². The van der Waals surface area contributed by atoms with Crippen LogP contribution in [-0.4, -0.2) is 19.1 Å². The van der Waals surface area contributed by atoms with E-state index in [9.17, 15) is 10.1 Å². The van der Waals surface area contributed by atoms with Gasteiger partial charge in [0.15, 0.2) is 11.5 Å². The number of carbonyl (C=O) groups excluding carboxylic acids is 1. The molecule has 0 aliphatic heterocycles. The van der Waals surface area contributed by atoms with E-state index in [2.05, 4.69) is 5.32 Å². The van der Waals surface area contributed by atoms with Gasteiger partial charge in [-0.1, -0.05) is 60.1 Å². The van der Waals surface area contributed by atoms with Crippen LogP contribution in [0.15, 0.2) is 35.9 Å². The van der Waals surface area contributed by atoms with Crippen molar-refractivity contribution < 1.29 is 14.3 Å². The fraction of sp³-hybridized carbons (Fsp3) is 0.333. The maximum Gasteiger partial charge on any atom is 0.262 e. The summed E-state index contributed by atoms with van der Waals surface area (Å²) in [5, 5.41) is 13.8. The molecule has 0 aromatic heterocycles. The van der Waals surface area contributed by atoms with Crippen molar-refractivity contribution in [1.82, 2.24) is 5.32 Å². The molecule has 0 unspecified atom stereocenters. The lowest BCUT2D eigenvalue weighted by molar-refractivity contribution is -0.117. The van der Waals surface area contributed by atoms with Crippen LogP contribution in [0.4, 0.5) is 0 Å². The second-order valence-electron chi connectivity index (χ2n) is 7.54. The monoisotopic (exact) mass is 492 g/mol. The van der Waals surface area contributed by atoms with Gasteiger partial charge in [-0.15, -0.1) is 0 Å². The molecule has 0 saturated heterocycles. The number of methoxy groups -OCH3 is 1. The number of nitrogens with one attached hydrogen (secondary N) is 1. The number of rotatable bonds is 7. The maximum atomic E-state index is 12.6. The number of amides is 1. The summed E-state index contributed by atoms with van der Waals surface area (Å²) in [5.74, 6) is 0.327. The Morgan fingerprint density at radius 2 is 1.91 bits per heavy atom. The van der Waals surface area contributed by atoms with E-state index < -0.39 is 0 Å². The molecule has 3 rings (SSSR count). The molecule has 0 radical (unpaired) electrons. The van der Waals surface area contributed by atoms with Gasteiger partial charge in [-0.3, -0.25) is 4.79 Å². The Kier molecular flexibility index (Phi) is 8.69. The largest absolute Gasteiger partial charge is 0.493 e. The predicted octanol–water partition coefficient (Wildman–Crippen LogP) is 6.59. The standard InChI is InChI=1S/C24H23Cl3N2O3/c1-31-22-11-15(9-17(13-28)24(30)29-19-5-3-2-4-6-19)10-21(27)23(22)32-14-16-7-8-18(25)12-20(16)26/h7-12,19H,2-6,14H2,1H3,(H,29,30)/b17-9+. The van der Waals surface area contributed by atoms with Gasteiger partial charge in [0.1, 0.15) is 18.2 Å². The van der Waals surface area contributed by atoms with Crippen molar-refractivity contribution in [1.29, 1.82) is 5.26 Å². The van der Waals surface area contributed by atoms with Crippen LogP contribution in [0, 0.1) is 11.3 Å². The minimum absolute atomic E-state index is 0.00954. The second-order valence-corrected chi connectivity index (χ2v) is 8.79. The molecular formula is C24H23Cl3N2O3. The molecule has 1 saturated carbocycles. The van der Waals surface area contributed by atoms with Crippen LogP contribution >= 0.6 is 34.8 Å². The van der Waals surface area contributed by atoms with Crippen molar-refractivity contribution in [2.75, 3.05) is 7.11 Å². The zero-order valence-electron chi connectivity index (χ0n) is 17.6. The van der Waals surface area contributed by atoms with Crippen molar-refractivity contribution in [3.8, 4) is 17.6 Å². The molecule has 1 N–H and O–H groups in total. The summed E-state index contributed by atoms with van der Waals surface area (Å²) < 4.78 is 11.3. The number of hydrogen-bond acceptors (Lipinski definition) is 4. The van der Waals surface area contributed by atoms with Crippen LogP contribution in [0.3, 0.4) is 0 Å². The van der Waals surface area contributed by atoms with E-state index in [-0.39, 0.29) is 29.2 Å². The summed E-state index contributed by atoms with van der Waals surface area (Å²) in [7, 11) is 1.49. The molecule has 5 nitrogen and oxygen atoms in total. The third-order valence-electron chi connectivity index (χ3n) is 5.26. The van der Waals surface area contributed by atoms with Gasteiger partial charge in [0, 0.05) is 21.7 Å². The summed E-state index contributed by atoms with van der Waals surface area (Å²) in [4.78, 5) is 12.6.